The first kappa shape index (κ1) is 14.0. The number of carbonyl (C=O) groups excluding carboxylic acids is 1. The van der Waals surface area contributed by atoms with Gasteiger partial charge in [0, 0.05) is 12.8 Å². The molecular formula is C18H17NO. The third-order valence-corrected chi connectivity index (χ3v) is 3.35. The van der Waals surface area contributed by atoms with Crippen molar-refractivity contribution in [1.82, 2.24) is 0 Å². The number of rotatable bonds is 6. The molecule has 0 fully saturated rings. The molecule has 0 heterocycles. The van der Waals surface area contributed by atoms with Crippen molar-refractivity contribution in [3.63, 3.8) is 0 Å². The van der Waals surface area contributed by atoms with Crippen molar-refractivity contribution >= 4 is 5.78 Å². The van der Waals surface area contributed by atoms with Crippen molar-refractivity contribution in [2.75, 3.05) is 0 Å². The molecule has 2 aromatic rings. The van der Waals surface area contributed by atoms with Crippen LogP contribution in [0.25, 0.3) is 0 Å². The Morgan fingerprint density at radius 1 is 0.900 bits per heavy atom. The van der Waals surface area contributed by atoms with Crippen molar-refractivity contribution in [2.45, 2.75) is 25.7 Å². The van der Waals surface area contributed by atoms with E-state index >= 15 is 0 Å². The molecule has 0 atom stereocenters. The maximum atomic E-state index is 11.9. The van der Waals surface area contributed by atoms with Gasteiger partial charge in [0.2, 0.25) is 0 Å². The van der Waals surface area contributed by atoms with Gasteiger partial charge in [0.1, 0.15) is 5.78 Å². The van der Waals surface area contributed by atoms with Crippen LogP contribution in [-0.2, 0) is 17.6 Å². The third kappa shape index (κ3) is 4.07. The highest BCUT2D eigenvalue weighted by atomic mass is 16.1. The van der Waals surface area contributed by atoms with E-state index in [-0.39, 0.29) is 5.78 Å². The number of nitrogens with zero attached hydrogens (tertiary/aromatic N) is 1. The van der Waals surface area contributed by atoms with E-state index in [1.54, 1.807) is 6.07 Å². The summed E-state index contributed by atoms with van der Waals surface area (Å²) in [5.74, 6) is 0.251. The first-order valence-electron chi connectivity index (χ1n) is 6.83. The van der Waals surface area contributed by atoms with Gasteiger partial charge in [0.25, 0.3) is 0 Å². The fourth-order valence-electron chi connectivity index (χ4n) is 2.17. The van der Waals surface area contributed by atoms with Crippen LogP contribution in [0, 0.1) is 11.3 Å². The van der Waals surface area contributed by atoms with Crippen LogP contribution in [0.1, 0.15) is 29.5 Å². The molecule has 2 nitrogen and oxygen atoms in total. The molecular weight excluding hydrogens is 246 g/mol. The SMILES string of the molecule is N#Cc1ccccc1CCC(=O)CCc1ccccc1. The molecule has 0 bridgehead atoms. The summed E-state index contributed by atoms with van der Waals surface area (Å²) < 4.78 is 0. The Hall–Kier alpha value is -2.40. The lowest BCUT2D eigenvalue weighted by atomic mass is 10.00. The summed E-state index contributed by atoms with van der Waals surface area (Å²) in [6, 6.07) is 19.7. The van der Waals surface area contributed by atoms with Crippen LogP contribution in [0.2, 0.25) is 0 Å². The Balaban J connectivity index is 1.82. The molecule has 20 heavy (non-hydrogen) atoms. The van der Waals surface area contributed by atoms with Gasteiger partial charge in [0.15, 0.2) is 0 Å². The summed E-state index contributed by atoms with van der Waals surface area (Å²) in [5, 5.41) is 9.00. The van der Waals surface area contributed by atoms with Gasteiger partial charge in [-0.15, -0.1) is 0 Å². The average molecular weight is 263 g/mol. The number of ketones is 1. The van der Waals surface area contributed by atoms with Gasteiger partial charge >= 0.3 is 0 Å². The second-order valence-electron chi connectivity index (χ2n) is 4.79. The molecule has 0 saturated heterocycles. The molecule has 2 rings (SSSR count). The van der Waals surface area contributed by atoms with E-state index in [0.717, 1.165) is 12.0 Å². The average Bonchev–Trinajstić information content (AvgIpc) is 2.52. The van der Waals surface area contributed by atoms with E-state index in [9.17, 15) is 4.79 Å². The van der Waals surface area contributed by atoms with Crippen LogP contribution < -0.4 is 0 Å². The van der Waals surface area contributed by atoms with E-state index in [2.05, 4.69) is 6.07 Å². The monoisotopic (exact) mass is 263 g/mol. The zero-order chi connectivity index (χ0) is 14.2. The van der Waals surface area contributed by atoms with Crippen LogP contribution in [0.15, 0.2) is 54.6 Å². The molecule has 0 aromatic heterocycles. The zero-order valence-electron chi connectivity index (χ0n) is 11.4. The number of hydrogen-bond acceptors (Lipinski definition) is 2. The van der Waals surface area contributed by atoms with Gasteiger partial charge in [-0.05, 0) is 30.0 Å². The number of aryl methyl sites for hydroxylation is 2. The highest BCUT2D eigenvalue weighted by Crippen LogP contribution is 2.11. The summed E-state index contributed by atoms with van der Waals surface area (Å²) >= 11 is 0. The van der Waals surface area contributed by atoms with Crippen LogP contribution >= 0.6 is 0 Å². The lowest BCUT2D eigenvalue weighted by Gasteiger charge is -2.04. The number of carbonyl (C=O) groups is 1. The first-order valence-corrected chi connectivity index (χ1v) is 6.83. The zero-order valence-corrected chi connectivity index (χ0v) is 11.4. The lowest BCUT2D eigenvalue weighted by molar-refractivity contribution is -0.119. The van der Waals surface area contributed by atoms with Crippen molar-refractivity contribution in [3.8, 4) is 6.07 Å². The van der Waals surface area contributed by atoms with E-state index in [1.165, 1.54) is 5.56 Å². The lowest BCUT2D eigenvalue weighted by Crippen LogP contribution is -2.03. The van der Waals surface area contributed by atoms with Gasteiger partial charge in [-0.25, -0.2) is 0 Å². The summed E-state index contributed by atoms with van der Waals surface area (Å²) in [5.41, 5.74) is 2.82. The minimum Gasteiger partial charge on any atom is -0.300 e. The van der Waals surface area contributed by atoms with Gasteiger partial charge in [-0.2, -0.15) is 5.26 Å². The summed E-state index contributed by atoms with van der Waals surface area (Å²) in [4.78, 5) is 11.9. The second kappa shape index (κ2) is 7.25. The van der Waals surface area contributed by atoms with E-state index in [4.69, 9.17) is 5.26 Å². The minimum atomic E-state index is 0.251. The molecule has 2 heteroatoms. The van der Waals surface area contributed by atoms with Gasteiger partial charge in [0.05, 0.1) is 11.6 Å². The van der Waals surface area contributed by atoms with Gasteiger partial charge in [-0.3, -0.25) is 4.79 Å². The predicted octanol–water partition coefficient (Wildman–Crippen LogP) is 3.69. The highest BCUT2D eigenvalue weighted by Gasteiger charge is 2.06. The first-order chi connectivity index (χ1) is 9.79. The summed E-state index contributed by atoms with van der Waals surface area (Å²) in [6.45, 7) is 0. The number of nitriles is 1. The molecule has 0 radical (unpaired) electrons. The highest BCUT2D eigenvalue weighted by molar-refractivity contribution is 5.79. The molecule has 0 spiro atoms. The number of hydrogen-bond donors (Lipinski definition) is 0. The van der Waals surface area contributed by atoms with Crippen molar-refractivity contribution < 1.29 is 4.79 Å². The summed E-state index contributed by atoms with van der Waals surface area (Å²) in [6.07, 6.45) is 2.52. The fourth-order valence-corrected chi connectivity index (χ4v) is 2.17. The quantitative estimate of drug-likeness (QED) is 0.797. The largest absolute Gasteiger partial charge is 0.300 e. The Bertz CT molecular complexity index is 611. The molecule has 2 aromatic carbocycles. The molecule has 0 saturated carbocycles. The number of benzene rings is 2. The normalized spacial score (nSPS) is 9.95. The standard InChI is InChI=1S/C18H17NO/c19-14-17-9-5-4-8-16(17)11-13-18(20)12-10-15-6-2-1-3-7-15/h1-9H,10-13H2. The molecule has 100 valence electrons. The molecule has 0 aliphatic heterocycles. The molecule has 0 amide bonds. The number of Topliss-reactive ketones (excluding diaryl/α,β-unsaturated/α-hetero) is 1. The third-order valence-electron chi connectivity index (χ3n) is 3.35. The van der Waals surface area contributed by atoms with Gasteiger partial charge in [-0.1, -0.05) is 48.5 Å². The molecule has 0 unspecified atom stereocenters. The Morgan fingerprint density at radius 2 is 1.55 bits per heavy atom. The van der Waals surface area contributed by atoms with Crippen LogP contribution in [0.3, 0.4) is 0 Å². The predicted molar refractivity (Wildman–Crippen MR) is 79.2 cm³/mol. The van der Waals surface area contributed by atoms with Crippen LogP contribution in [0.4, 0.5) is 0 Å². The maximum absolute atomic E-state index is 11.9. The molecule has 0 aliphatic carbocycles. The van der Waals surface area contributed by atoms with Crippen molar-refractivity contribution in [1.29, 1.82) is 5.26 Å². The smallest absolute Gasteiger partial charge is 0.133 e. The van der Waals surface area contributed by atoms with E-state index in [1.807, 2.05) is 48.5 Å². The second-order valence-corrected chi connectivity index (χ2v) is 4.79. The topological polar surface area (TPSA) is 40.9 Å². The van der Waals surface area contributed by atoms with Crippen LogP contribution in [0.5, 0.6) is 0 Å². The van der Waals surface area contributed by atoms with Gasteiger partial charge < -0.3 is 0 Å². The van der Waals surface area contributed by atoms with Crippen LogP contribution in [-0.4, -0.2) is 5.78 Å². The fraction of sp³-hybridized carbons (Fsp3) is 0.222. The van der Waals surface area contributed by atoms with Crippen molar-refractivity contribution in [2.24, 2.45) is 0 Å². The van der Waals surface area contributed by atoms with E-state index < -0.39 is 0 Å². The Morgan fingerprint density at radius 3 is 2.30 bits per heavy atom. The molecule has 0 N–H and O–H groups in total. The van der Waals surface area contributed by atoms with Crippen molar-refractivity contribution in [3.05, 3.63) is 71.3 Å². The minimum absolute atomic E-state index is 0.251. The Kier molecular flexibility index (Phi) is 5.08. The summed E-state index contributed by atoms with van der Waals surface area (Å²) in [7, 11) is 0. The molecule has 0 aliphatic rings. The maximum Gasteiger partial charge on any atom is 0.133 e. The van der Waals surface area contributed by atoms with E-state index in [0.29, 0.717) is 24.8 Å². The Labute approximate surface area is 119 Å².